The van der Waals surface area contributed by atoms with Gasteiger partial charge in [-0.3, -0.25) is 0 Å². The van der Waals surface area contributed by atoms with Crippen molar-refractivity contribution < 1.29 is 9.94 Å². The predicted molar refractivity (Wildman–Crippen MR) is 42.9 cm³/mol. The van der Waals surface area contributed by atoms with Gasteiger partial charge in [-0.2, -0.15) is 0 Å². The lowest BCUT2D eigenvalue weighted by Crippen LogP contribution is -2.19. The molecule has 11 heavy (non-hydrogen) atoms. The minimum absolute atomic E-state index is 0.291. The maximum atomic E-state index is 8.33. The Balaban J connectivity index is 2.24. The molecule has 0 unspecified atom stereocenters. The second-order valence-corrected chi connectivity index (χ2v) is 3.00. The molecule has 0 aromatic rings. The number of rotatable bonds is 1. The van der Waals surface area contributed by atoms with Crippen LogP contribution in [0.2, 0.25) is 0 Å². The Morgan fingerprint density at radius 2 is 2.00 bits per heavy atom. The fraction of sp³-hybridized carbons (Fsp3) is 0.875. The number of hydrogen-bond acceptors (Lipinski definition) is 3. The molecule has 0 saturated heterocycles. The van der Waals surface area contributed by atoms with Gasteiger partial charge < -0.3 is 9.94 Å². The third kappa shape index (κ3) is 2.78. The van der Waals surface area contributed by atoms with E-state index in [1.54, 1.807) is 6.92 Å². The second-order valence-electron chi connectivity index (χ2n) is 3.00. The molecule has 0 amide bonds. The van der Waals surface area contributed by atoms with Crippen LogP contribution in [-0.2, 0) is 4.74 Å². The zero-order chi connectivity index (χ0) is 8.10. The summed E-state index contributed by atoms with van der Waals surface area (Å²) >= 11 is 0. The number of oxime groups is 1. The zero-order valence-electron chi connectivity index (χ0n) is 6.92. The first-order valence-corrected chi connectivity index (χ1v) is 4.18. The van der Waals surface area contributed by atoms with E-state index in [2.05, 4.69) is 5.16 Å². The molecule has 1 fully saturated rings. The Hall–Kier alpha value is -0.730. The van der Waals surface area contributed by atoms with Crippen LogP contribution in [-0.4, -0.2) is 17.2 Å². The normalized spacial score (nSPS) is 21.7. The number of hydrogen-bond donors (Lipinski definition) is 1. The van der Waals surface area contributed by atoms with Gasteiger partial charge >= 0.3 is 0 Å². The van der Waals surface area contributed by atoms with Gasteiger partial charge in [-0.1, -0.05) is 11.6 Å². The van der Waals surface area contributed by atoms with Crippen LogP contribution in [0.4, 0.5) is 0 Å². The van der Waals surface area contributed by atoms with Crippen molar-refractivity contribution in [2.24, 2.45) is 5.16 Å². The lowest BCUT2D eigenvalue weighted by atomic mass is 9.98. The molecule has 1 aliphatic carbocycles. The van der Waals surface area contributed by atoms with Gasteiger partial charge in [0.25, 0.3) is 0 Å². The molecule has 1 aliphatic rings. The maximum absolute atomic E-state index is 8.33. The van der Waals surface area contributed by atoms with E-state index in [1.807, 2.05) is 0 Å². The molecule has 0 aliphatic heterocycles. The highest BCUT2D eigenvalue weighted by atomic mass is 16.5. The molecule has 0 bridgehead atoms. The van der Waals surface area contributed by atoms with Crippen LogP contribution in [0.3, 0.4) is 0 Å². The number of ether oxygens (including phenoxy) is 1. The summed E-state index contributed by atoms with van der Waals surface area (Å²) in [7, 11) is 0. The van der Waals surface area contributed by atoms with Gasteiger partial charge in [0.1, 0.15) is 6.10 Å². The van der Waals surface area contributed by atoms with Crippen molar-refractivity contribution in [3.05, 3.63) is 0 Å². The highest BCUT2D eigenvalue weighted by Crippen LogP contribution is 2.20. The molecule has 3 nitrogen and oxygen atoms in total. The van der Waals surface area contributed by atoms with Crippen molar-refractivity contribution in [3.63, 3.8) is 0 Å². The monoisotopic (exact) mass is 157 g/mol. The summed E-state index contributed by atoms with van der Waals surface area (Å²) < 4.78 is 5.34. The largest absolute Gasteiger partial charge is 0.476 e. The molecular weight excluding hydrogens is 142 g/mol. The maximum Gasteiger partial charge on any atom is 0.222 e. The first-order valence-electron chi connectivity index (χ1n) is 4.18. The molecule has 3 heteroatoms. The van der Waals surface area contributed by atoms with Crippen LogP contribution in [0.15, 0.2) is 5.16 Å². The Morgan fingerprint density at radius 1 is 1.36 bits per heavy atom. The molecule has 0 heterocycles. The molecule has 1 saturated carbocycles. The SMILES string of the molecule is C/C(=N\O)OC1CCCCC1. The smallest absolute Gasteiger partial charge is 0.222 e. The average Bonchev–Trinajstić information content (AvgIpc) is 2.06. The van der Waals surface area contributed by atoms with Crippen LogP contribution >= 0.6 is 0 Å². The standard InChI is InChI=1S/C8H15NO2/c1-7(9-10)11-8-5-3-2-4-6-8/h8,10H,2-6H2,1H3/b9-7+. The van der Waals surface area contributed by atoms with E-state index in [4.69, 9.17) is 9.94 Å². The summed E-state index contributed by atoms with van der Waals surface area (Å²) in [5, 5.41) is 11.3. The van der Waals surface area contributed by atoms with Crippen molar-refractivity contribution in [1.29, 1.82) is 0 Å². The molecule has 0 aromatic heterocycles. The zero-order valence-corrected chi connectivity index (χ0v) is 6.92. The Labute approximate surface area is 67.0 Å². The van der Waals surface area contributed by atoms with E-state index < -0.39 is 0 Å². The van der Waals surface area contributed by atoms with Crippen molar-refractivity contribution in [3.8, 4) is 0 Å². The third-order valence-electron chi connectivity index (χ3n) is 2.03. The van der Waals surface area contributed by atoms with Crippen molar-refractivity contribution in [2.75, 3.05) is 0 Å². The molecular formula is C8H15NO2. The fourth-order valence-corrected chi connectivity index (χ4v) is 1.45. The van der Waals surface area contributed by atoms with Crippen LogP contribution in [0, 0.1) is 0 Å². The van der Waals surface area contributed by atoms with Crippen LogP contribution < -0.4 is 0 Å². The highest BCUT2D eigenvalue weighted by molar-refractivity contribution is 5.72. The predicted octanol–water partition coefficient (Wildman–Crippen LogP) is 2.14. The van der Waals surface area contributed by atoms with E-state index in [-0.39, 0.29) is 0 Å². The van der Waals surface area contributed by atoms with E-state index >= 15 is 0 Å². The molecule has 0 radical (unpaired) electrons. The Kier molecular flexibility index (Phi) is 3.20. The Bertz CT molecular complexity index is 139. The summed E-state index contributed by atoms with van der Waals surface area (Å²) in [6.45, 7) is 1.68. The van der Waals surface area contributed by atoms with Gasteiger partial charge in [-0.25, -0.2) is 0 Å². The molecule has 0 aromatic carbocycles. The molecule has 64 valence electrons. The number of nitrogens with zero attached hydrogens (tertiary/aromatic N) is 1. The van der Waals surface area contributed by atoms with Gasteiger partial charge in [-0.15, -0.1) is 0 Å². The van der Waals surface area contributed by atoms with Gasteiger partial charge in [-0.05, 0) is 25.7 Å². The first-order chi connectivity index (χ1) is 5.33. The summed E-state index contributed by atoms with van der Waals surface area (Å²) in [6.07, 6.45) is 6.29. The summed E-state index contributed by atoms with van der Waals surface area (Å²) in [5.74, 6) is 0.386. The van der Waals surface area contributed by atoms with Crippen molar-refractivity contribution in [1.82, 2.24) is 0 Å². The van der Waals surface area contributed by atoms with Gasteiger partial charge in [0.15, 0.2) is 0 Å². The van der Waals surface area contributed by atoms with Crippen LogP contribution in [0.1, 0.15) is 39.0 Å². The van der Waals surface area contributed by atoms with Crippen molar-refractivity contribution in [2.45, 2.75) is 45.1 Å². The lowest BCUT2D eigenvalue weighted by molar-refractivity contribution is 0.132. The van der Waals surface area contributed by atoms with Crippen LogP contribution in [0.25, 0.3) is 0 Å². The topological polar surface area (TPSA) is 41.8 Å². The van der Waals surface area contributed by atoms with Crippen molar-refractivity contribution >= 4 is 5.90 Å². The van der Waals surface area contributed by atoms with E-state index in [1.165, 1.54) is 19.3 Å². The van der Waals surface area contributed by atoms with Gasteiger partial charge in [0.2, 0.25) is 5.90 Å². The van der Waals surface area contributed by atoms with Gasteiger partial charge in [0.05, 0.1) is 0 Å². The molecule has 1 N–H and O–H groups in total. The van der Waals surface area contributed by atoms with E-state index in [0.29, 0.717) is 12.0 Å². The molecule has 0 spiro atoms. The quantitative estimate of drug-likeness (QED) is 0.274. The van der Waals surface area contributed by atoms with E-state index in [9.17, 15) is 0 Å². The molecule has 0 atom stereocenters. The minimum atomic E-state index is 0.291. The fourth-order valence-electron chi connectivity index (χ4n) is 1.45. The third-order valence-corrected chi connectivity index (χ3v) is 2.03. The van der Waals surface area contributed by atoms with E-state index in [0.717, 1.165) is 12.8 Å². The molecule has 1 rings (SSSR count). The summed E-state index contributed by atoms with van der Waals surface area (Å²) in [4.78, 5) is 0. The Morgan fingerprint density at radius 3 is 2.55 bits per heavy atom. The summed E-state index contributed by atoms with van der Waals surface area (Å²) in [5.41, 5.74) is 0. The highest BCUT2D eigenvalue weighted by Gasteiger charge is 2.14. The first kappa shape index (κ1) is 8.37. The van der Waals surface area contributed by atoms with Gasteiger partial charge in [0, 0.05) is 6.92 Å². The second kappa shape index (κ2) is 4.21. The lowest BCUT2D eigenvalue weighted by Gasteiger charge is -2.21. The minimum Gasteiger partial charge on any atom is -0.476 e. The summed E-state index contributed by atoms with van der Waals surface area (Å²) in [6, 6.07) is 0. The van der Waals surface area contributed by atoms with Crippen LogP contribution in [0.5, 0.6) is 0 Å². The average molecular weight is 157 g/mol.